The summed E-state index contributed by atoms with van der Waals surface area (Å²) in [4.78, 5) is 10.3. The predicted octanol–water partition coefficient (Wildman–Crippen LogP) is 2.57. The van der Waals surface area contributed by atoms with Crippen LogP contribution in [0.25, 0.3) is 6.08 Å². The molecule has 0 saturated heterocycles. The first-order chi connectivity index (χ1) is 7.08. The Morgan fingerprint density at radius 1 is 1.33 bits per heavy atom. The second kappa shape index (κ2) is 5.20. The summed E-state index contributed by atoms with van der Waals surface area (Å²) in [7, 11) is 0. The van der Waals surface area contributed by atoms with Crippen LogP contribution in [0.15, 0.2) is 30.3 Å². The standard InChI is InChI=1S/C12H14O3/c1-9(2)15-11-6-3-10(4-7-11)5-8-12(13)14/h3-9H,1-2H3,(H,13,14). The van der Waals surface area contributed by atoms with E-state index in [0.29, 0.717) is 0 Å². The van der Waals surface area contributed by atoms with Crippen LogP contribution in [0.1, 0.15) is 19.4 Å². The Bertz CT molecular complexity index is 350. The van der Waals surface area contributed by atoms with Crippen molar-refractivity contribution >= 4 is 12.0 Å². The molecule has 0 unspecified atom stereocenters. The average molecular weight is 206 g/mol. The number of hydrogen-bond donors (Lipinski definition) is 1. The van der Waals surface area contributed by atoms with E-state index in [1.807, 2.05) is 38.1 Å². The number of carbonyl (C=O) groups is 1. The van der Waals surface area contributed by atoms with Gasteiger partial charge < -0.3 is 9.84 Å². The lowest BCUT2D eigenvalue weighted by Crippen LogP contribution is -2.05. The monoisotopic (exact) mass is 206 g/mol. The molecule has 0 radical (unpaired) electrons. The van der Waals surface area contributed by atoms with Gasteiger partial charge in [-0.05, 0) is 37.6 Å². The Morgan fingerprint density at radius 2 is 1.93 bits per heavy atom. The molecule has 80 valence electrons. The molecule has 0 aliphatic rings. The topological polar surface area (TPSA) is 46.5 Å². The highest BCUT2D eigenvalue weighted by Crippen LogP contribution is 2.14. The largest absolute Gasteiger partial charge is 0.491 e. The van der Waals surface area contributed by atoms with Crippen molar-refractivity contribution in [2.75, 3.05) is 0 Å². The van der Waals surface area contributed by atoms with Gasteiger partial charge in [0.2, 0.25) is 0 Å². The fraction of sp³-hybridized carbons (Fsp3) is 0.250. The SMILES string of the molecule is CC(C)Oc1ccc(C=CC(=O)O)cc1. The van der Waals surface area contributed by atoms with Gasteiger partial charge in [0.15, 0.2) is 0 Å². The first kappa shape index (κ1) is 11.3. The second-order valence-electron chi connectivity index (χ2n) is 3.41. The van der Waals surface area contributed by atoms with Crippen LogP contribution in [0, 0.1) is 0 Å². The molecule has 0 bridgehead atoms. The lowest BCUT2D eigenvalue weighted by molar-refractivity contribution is -0.131. The molecule has 15 heavy (non-hydrogen) atoms. The van der Waals surface area contributed by atoms with Gasteiger partial charge in [0.25, 0.3) is 0 Å². The van der Waals surface area contributed by atoms with Crippen molar-refractivity contribution in [2.24, 2.45) is 0 Å². The fourth-order valence-electron chi connectivity index (χ4n) is 1.10. The van der Waals surface area contributed by atoms with Gasteiger partial charge in [0.1, 0.15) is 5.75 Å². The number of carboxylic acids is 1. The number of aliphatic carboxylic acids is 1. The molecule has 0 aromatic heterocycles. The molecule has 0 spiro atoms. The molecule has 0 fully saturated rings. The fourth-order valence-corrected chi connectivity index (χ4v) is 1.10. The second-order valence-corrected chi connectivity index (χ2v) is 3.41. The summed E-state index contributed by atoms with van der Waals surface area (Å²) in [6, 6.07) is 7.28. The normalized spacial score (nSPS) is 10.9. The van der Waals surface area contributed by atoms with Crippen molar-refractivity contribution in [1.29, 1.82) is 0 Å². The number of carboxylic acid groups (broad SMARTS) is 1. The predicted molar refractivity (Wildman–Crippen MR) is 58.9 cm³/mol. The van der Waals surface area contributed by atoms with E-state index < -0.39 is 5.97 Å². The molecule has 1 N–H and O–H groups in total. The highest BCUT2D eigenvalue weighted by molar-refractivity contribution is 5.85. The van der Waals surface area contributed by atoms with Gasteiger partial charge in [0.05, 0.1) is 6.10 Å². The lowest BCUT2D eigenvalue weighted by atomic mass is 10.2. The first-order valence-electron chi connectivity index (χ1n) is 4.75. The molecule has 3 heteroatoms. The third-order valence-corrected chi connectivity index (χ3v) is 1.67. The molecule has 1 rings (SSSR count). The van der Waals surface area contributed by atoms with Gasteiger partial charge in [-0.3, -0.25) is 0 Å². The molecule has 0 amide bonds. The van der Waals surface area contributed by atoms with Gasteiger partial charge in [-0.15, -0.1) is 0 Å². The summed E-state index contributed by atoms with van der Waals surface area (Å²) < 4.78 is 5.45. The number of hydrogen-bond acceptors (Lipinski definition) is 2. The zero-order chi connectivity index (χ0) is 11.3. The van der Waals surface area contributed by atoms with Crippen molar-refractivity contribution in [3.05, 3.63) is 35.9 Å². The van der Waals surface area contributed by atoms with Gasteiger partial charge in [0, 0.05) is 6.08 Å². The van der Waals surface area contributed by atoms with Crippen molar-refractivity contribution in [1.82, 2.24) is 0 Å². The summed E-state index contributed by atoms with van der Waals surface area (Å²) >= 11 is 0. The van der Waals surface area contributed by atoms with Crippen LogP contribution in [-0.4, -0.2) is 17.2 Å². The smallest absolute Gasteiger partial charge is 0.328 e. The third kappa shape index (κ3) is 4.31. The highest BCUT2D eigenvalue weighted by atomic mass is 16.5. The number of benzene rings is 1. The van der Waals surface area contributed by atoms with Crippen LogP contribution >= 0.6 is 0 Å². The molecule has 0 heterocycles. The molecule has 0 saturated carbocycles. The van der Waals surface area contributed by atoms with Crippen molar-refractivity contribution in [3.63, 3.8) is 0 Å². The molecule has 0 aliphatic heterocycles. The minimum atomic E-state index is -0.947. The third-order valence-electron chi connectivity index (χ3n) is 1.67. The molecule has 0 atom stereocenters. The van der Waals surface area contributed by atoms with Crippen molar-refractivity contribution in [2.45, 2.75) is 20.0 Å². The Hall–Kier alpha value is -1.77. The van der Waals surface area contributed by atoms with E-state index in [1.165, 1.54) is 0 Å². The minimum absolute atomic E-state index is 0.144. The highest BCUT2D eigenvalue weighted by Gasteiger charge is 1.96. The lowest BCUT2D eigenvalue weighted by Gasteiger charge is -2.09. The Kier molecular flexibility index (Phi) is 3.92. The minimum Gasteiger partial charge on any atom is -0.491 e. The Morgan fingerprint density at radius 3 is 2.40 bits per heavy atom. The Labute approximate surface area is 89.0 Å². The van der Waals surface area contributed by atoms with Crippen molar-refractivity contribution < 1.29 is 14.6 Å². The van der Waals surface area contributed by atoms with E-state index in [2.05, 4.69) is 0 Å². The van der Waals surface area contributed by atoms with Gasteiger partial charge in [-0.2, -0.15) is 0 Å². The molecule has 1 aromatic carbocycles. The number of rotatable bonds is 4. The zero-order valence-corrected chi connectivity index (χ0v) is 8.81. The van der Waals surface area contributed by atoms with Crippen LogP contribution in [0.3, 0.4) is 0 Å². The van der Waals surface area contributed by atoms with Crippen LogP contribution in [0.4, 0.5) is 0 Å². The van der Waals surface area contributed by atoms with E-state index in [0.717, 1.165) is 17.4 Å². The molecule has 3 nitrogen and oxygen atoms in total. The van der Waals surface area contributed by atoms with E-state index >= 15 is 0 Å². The summed E-state index contributed by atoms with van der Waals surface area (Å²) in [6.45, 7) is 3.91. The maximum Gasteiger partial charge on any atom is 0.328 e. The van der Waals surface area contributed by atoms with Crippen molar-refractivity contribution in [3.8, 4) is 5.75 Å². The van der Waals surface area contributed by atoms with Crippen LogP contribution in [-0.2, 0) is 4.79 Å². The van der Waals surface area contributed by atoms with Crippen LogP contribution in [0.2, 0.25) is 0 Å². The van der Waals surface area contributed by atoms with Crippen LogP contribution < -0.4 is 4.74 Å². The summed E-state index contributed by atoms with van der Waals surface area (Å²) in [5, 5.41) is 8.44. The van der Waals surface area contributed by atoms with E-state index in [9.17, 15) is 4.79 Å². The first-order valence-corrected chi connectivity index (χ1v) is 4.75. The maximum atomic E-state index is 10.3. The van der Waals surface area contributed by atoms with E-state index in [-0.39, 0.29) is 6.10 Å². The summed E-state index contributed by atoms with van der Waals surface area (Å²) in [5.41, 5.74) is 0.841. The molecular weight excluding hydrogens is 192 g/mol. The molecule has 1 aromatic rings. The van der Waals surface area contributed by atoms with E-state index in [4.69, 9.17) is 9.84 Å². The van der Waals surface area contributed by atoms with Gasteiger partial charge in [-0.25, -0.2) is 4.79 Å². The molecular formula is C12H14O3. The maximum absolute atomic E-state index is 10.3. The quantitative estimate of drug-likeness (QED) is 0.770. The van der Waals surface area contributed by atoms with Gasteiger partial charge in [-0.1, -0.05) is 12.1 Å². The summed E-state index contributed by atoms with van der Waals surface area (Å²) in [6.07, 6.45) is 2.80. The zero-order valence-electron chi connectivity index (χ0n) is 8.81. The van der Waals surface area contributed by atoms with E-state index in [1.54, 1.807) is 6.08 Å². The Balaban J connectivity index is 2.68. The molecule has 0 aliphatic carbocycles. The van der Waals surface area contributed by atoms with Crippen LogP contribution in [0.5, 0.6) is 5.75 Å². The summed E-state index contributed by atoms with van der Waals surface area (Å²) in [5.74, 6) is -0.157. The van der Waals surface area contributed by atoms with Gasteiger partial charge >= 0.3 is 5.97 Å². The average Bonchev–Trinajstić information content (AvgIpc) is 2.16. The number of ether oxygens (including phenoxy) is 1.